The van der Waals surface area contributed by atoms with Crippen molar-refractivity contribution < 1.29 is 27.1 Å². The number of para-hydroxylation sites is 1. The predicted molar refractivity (Wildman–Crippen MR) is 99.9 cm³/mol. The summed E-state index contributed by atoms with van der Waals surface area (Å²) in [5, 5.41) is 6.45. The molecule has 3 heterocycles. The van der Waals surface area contributed by atoms with Crippen molar-refractivity contribution in [1.82, 2.24) is 19.9 Å². The van der Waals surface area contributed by atoms with Gasteiger partial charge in [0.25, 0.3) is 5.91 Å². The van der Waals surface area contributed by atoms with Crippen molar-refractivity contribution in [2.45, 2.75) is 12.7 Å². The number of aromatic nitrogens is 3. The summed E-state index contributed by atoms with van der Waals surface area (Å²) in [5.41, 5.74) is -0.687. The van der Waals surface area contributed by atoms with E-state index in [-0.39, 0.29) is 29.3 Å². The summed E-state index contributed by atoms with van der Waals surface area (Å²) < 4.78 is 51.7. The van der Waals surface area contributed by atoms with E-state index in [1.54, 1.807) is 30.3 Å². The third-order valence-corrected chi connectivity index (χ3v) is 4.36. The Kier molecular flexibility index (Phi) is 4.90. The number of carbonyl (C=O) groups is 1. The maximum atomic E-state index is 13.6. The van der Waals surface area contributed by atoms with E-state index in [4.69, 9.17) is 9.15 Å². The van der Waals surface area contributed by atoms with Gasteiger partial charge >= 0.3 is 6.18 Å². The van der Waals surface area contributed by atoms with E-state index in [1.165, 1.54) is 25.5 Å². The van der Waals surface area contributed by atoms with Gasteiger partial charge in [-0.05, 0) is 24.3 Å². The largest absolute Gasteiger partial charge is 0.496 e. The van der Waals surface area contributed by atoms with Gasteiger partial charge in [0.05, 0.1) is 13.4 Å². The molecule has 0 aliphatic carbocycles. The van der Waals surface area contributed by atoms with Crippen LogP contribution in [0, 0.1) is 0 Å². The van der Waals surface area contributed by atoms with Gasteiger partial charge in [-0.25, -0.2) is 9.50 Å². The number of nitrogens with one attached hydrogen (secondary N) is 1. The van der Waals surface area contributed by atoms with Gasteiger partial charge in [0.15, 0.2) is 22.8 Å². The Bertz CT molecular complexity index is 1200. The van der Waals surface area contributed by atoms with Gasteiger partial charge in [-0.3, -0.25) is 4.79 Å². The first-order valence-corrected chi connectivity index (χ1v) is 8.79. The zero-order valence-corrected chi connectivity index (χ0v) is 15.6. The van der Waals surface area contributed by atoms with E-state index in [0.717, 1.165) is 6.07 Å². The van der Waals surface area contributed by atoms with Crippen LogP contribution < -0.4 is 10.1 Å². The second-order valence-corrected chi connectivity index (χ2v) is 6.30. The molecule has 1 aromatic carbocycles. The number of rotatable bonds is 5. The molecule has 0 atom stereocenters. The molecule has 3 aromatic heterocycles. The summed E-state index contributed by atoms with van der Waals surface area (Å²) in [6.45, 7) is 0.119. The first kappa shape index (κ1) is 19.5. The van der Waals surface area contributed by atoms with Gasteiger partial charge in [0, 0.05) is 18.2 Å². The van der Waals surface area contributed by atoms with Gasteiger partial charge in [-0.1, -0.05) is 18.2 Å². The summed E-state index contributed by atoms with van der Waals surface area (Å²) in [6, 6.07) is 12.1. The number of nitrogens with zero attached hydrogens (tertiary/aromatic N) is 3. The van der Waals surface area contributed by atoms with Crippen molar-refractivity contribution in [3.63, 3.8) is 0 Å². The molecular weight excluding hydrogens is 401 g/mol. The summed E-state index contributed by atoms with van der Waals surface area (Å²) in [4.78, 5) is 16.7. The molecule has 1 N–H and O–H groups in total. The second kappa shape index (κ2) is 7.54. The van der Waals surface area contributed by atoms with Gasteiger partial charge in [-0.15, -0.1) is 0 Å². The quantitative estimate of drug-likeness (QED) is 0.533. The minimum absolute atomic E-state index is 0.0132. The monoisotopic (exact) mass is 416 g/mol. The first-order valence-electron chi connectivity index (χ1n) is 8.79. The van der Waals surface area contributed by atoms with Crippen LogP contribution in [0.2, 0.25) is 0 Å². The van der Waals surface area contributed by atoms with Crippen molar-refractivity contribution in [1.29, 1.82) is 0 Å². The Morgan fingerprint density at radius 1 is 1.20 bits per heavy atom. The molecule has 0 unspecified atom stereocenters. The van der Waals surface area contributed by atoms with Crippen LogP contribution in [0.1, 0.15) is 21.7 Å². The smallest absolute Gasteiger partial charge is 0.433 e. The molecule has 1 amide bonds. The fourth-order valence-corrected chi connectivity index (χ4v) is 2.95. The van der Waals surface area contributed by atoms with Crippen LogP contribution in [0.3, 0.4) is 0 Å². The van der Waals surface area contributed by atoms with Crippen LogP contribution in [0.5, 0.6) is 5.75 Å². The molecule has 4 rings (SSSR count). The third-order valence-electron chi connectivity index (χ3n) is 4.36. The summed E-state index contributed by atoms with van der Waals surface area (Å²) in [7, 11) is 1.50. The molecule has 154 valence electrons. The minimum Gasteiger partial charge on any atom is -0.496 e. The number of benzene rings is 1. The van der Waals surface area contributed by atoms with Crippen molar-refractivity contribution in [3.05, 3.63) is 71.7 Å². The highest BCUT2D eigenvalue weighted by Crippen LogP contribution is 2.32. The molecule has 0 radical (unpaired) electrons. The summed E-state index contributed by atoms with van der Waals surface area (Å²) in [6.07, 6.45) is -3.37. The number of hydrogen-bond acceptors (Lipinski definition) is 5. The lowest BCUT2D eigenvalue weighted by molar-refractivity contribution is -0.142. The van der Waals surface area contributed by atoms with Gasteiger partial charge in [0.1, 0.15) is 11.4 Å². The Labute approximate surface area is 168 Å². The summed E-state index contributed by atoms with van der Waals surface area (Å²) in [5.74, 6) is 0.113. The van der Waals surface area contributed by atoms with Crippen LogP contribution in [0.25, 0.3) is 17.1 Å². The average Bonchev–Trinajstić information content (AvgIpc) is 3.40. The fraction of sp³-hybridized carbons (Fsp3) is 0.150. The molecular formula is C20H15F3N4O3. The average molecular weight is 416 g/mol. The Balaban J connectivity index is 1.67. The molecule has 0 saturated carbocycles. The number of methoxy groups -OCH3 is 1. The lowest BCUT2D eigenvalue weighted by Gasteiger charge is -2.10. The molecule has 0 saturated heterocycles. The lowest BCUT2D eigenvalue weighted by Crippen LogP contribution is -2.23. The molecule has 30 heavy (non-hydrogen) atoms. The van der Waals surface area contributed by atoms with Crippen molar-refractivity contribution >= 4 is 11.6 Å². The molecule has 0 aliphatic rings. The number of ether oxygens (including phenoxy) is 1. The first-order chi connectivity index (χ1) is 14.4. The van der Waals surface area contributed by atoms with E-state index in [0.29, 0.717) is 15.8 Å². The molecule has 0 spiro atoms. The van der Waals surface area contributed by atoms with Crippen LogP contribution >= 0.6 is 0 Å². The second-order valence-electron chi connectivity index (χ2n) is 6.30. The molecule has 7 nitrogen and oxygen atoms in total. The third kappa shape index (κ3) is 3.71. The number of amides is 1. The highest BCUT2D eigenvalue weighted by molar-refractivity contribution is 5.93. The standard InChI is InChI=1S/C20H15F3N4O3/c1-29-15-6-3-2-5-12(15)11-24-19(28)14-10-18-25-13(16-7-4-8-30-16)9-17(20(21,22)23)27(18)26-14/h2-10H,11H2,1H3,(H,24,28). The van der Waals surface area contributed by atoms with E-state index in [1.807, 2.05) is 0 Å². The van der Waals surface area contributed by atoms with Gasteiger partial charge < -0.3 is 14.5 Å². The normalized spacial score (nSPS) is 11.6. The highest BCUT2D eigenvalue weighted by atomic mass is 19.4. The number of alkyl halides is 3. The number of furan rings is 1. The minimum atomic E-state index is -4.71. The van der Waals surface area contributed by atoms with Crippen molar-refractivity contribution in [2.75, 3.05) is 7.11 Å². The van der Waals surface area contributed by atoms with E-state index < -0.39 is 17.8 Å². The number of halogens is 3. The number of hydrogen-bond donors (Lipinski definition) is 1. The fourth-order valence-electron chi connectivity index (χ4n) is 2.95. The number of carbonyl (C=O) groups excluding carboxylic acids is 1. The van der Waals surface area contributed by atoms with Crippen LogP contribution in [-0.4, -0.2) is 27.6 Å². The SMILES string of the molecule is COc1ccccc1CNC(=O)c1cc2nc(-c3ccco3)cc(C(F)(F)F)n2n1. The number of fused-ring (bicyclic) bond motifs is 1. The van der Waals surface area contributed by atoms with Crippen LogP contribution in [-0.2, 0) is 12.7 Å². The Hall–Kier alpha value is -3.82. The van der Waals surface area contributed by atoms with E-state index in [2.05, 4.69) is 15.4 Å². The zero-order chi connectivity index (χ0) is 21.3. The Morgan fingerprint density at radius 3 is 2.70 bits per heavy atom. The predicted octanol–water partition coefficient (Wildman–Crippen LogP) is 3.95. The molecule has 0 aliphatic heterocycles. The van der Waals surface area contributed by atoms with Crippen molar-refractivity contribution in [3.8, 4) is 17.2 Å². The zero-order valence-electron chi connectivity index (χ0n) is 15.6. The lowest BCUT2D eigenvalue weighted by atomic mass is 10.2. The van der Waals surface area contributed by atoms with Crippen LogP contribution in [0.15, 0.2) is 59.2 Å². The Morgan fingerprint density at radius 2 is 2.00 bits per heavy atom. The maximum Gasteiger partial charge on any atom is 0.433 e. The highest BCUT2D eigenvalue weighted by Gasteiger charge is 2.36. The molecule has 10 heteroatoms. The molecule has 0 fully saturated rings. The van der Waals surface area contributed by atoms with E-state index >= 15 is 0 Å². The van der Waals surface area contributed by atoms with Gasteiger partial charge in [0.2, 0.25) is 0 Å². The van der Waals surface area contributed by atoms with Gasteiger partial charge in [-0.2, -0.15) is 18.3 Å². The van der Waals surface area contributed by atoms with E-state index in [9.17, 15) is 18.0 Å². The van der Waals surface area contributed by atoms with Crippen LogP contribution in [0.4, 0.5) is 13.2 Å². The topological polar surface area (TPSA) is 81.7 Å². The summed E-state index contributed by atoms with van der Waals surface area (Å²) >= 11 is 0. The molecule has 0 bridgehead atoms. The maximum absolute atomic E-state index is 13.6. The molecule has 4 aromatic rings. The van der Waals surface area contributed by atoms with Crippen molar-refractivity contribution in [2.24, 2.45) is 0 Å².